The van der Waals surface area contributed by atoms with Crippen LogP contribution in [0.1, 0.15) is 39.7 Å². The Morgan fingerprint density at radius 1 is 1.07 bits per heavy atom. The van der Waals surface area contributed by atoms with Crippen molar-refractivity contribution in [3.05, 3.63) is 23.8 Å². The van der Waals surface area contributed by atoms with E-state index in [2.05, 4.69) is 13.8 Å². The molecule has 0 atom stereocenters. The molecule has 15 heavy (non-hydrogen) atoms. The molecule has 0 aliphatic heterocycles. The Morgan fingerprint density at radius 2 is 1.67 bits per heavy atom. The molecule has 2 N–H and O–H groups in total. The molecule has 0 saturated heterocycles. The highest BCUT2D eigenvalue weighted by Crippen LogP contribution is 2.25. The van der Waals surface area contributed by atoms with Gasteiger partial charge in [0.2, 0.25) is 0 Å². The first-order valence-corrected chi connectivity index (χ1v) is 5.60. The summed E-state index contributed by atoms with van der Waals surface area (Å²) in [6, 6.07) is 5.00. The zero-order valence-corrected chi connectivity index (χ0v) is 10.1. The molecule has 1 aromatic carbocycles. The van der Waals surface area contributed by atoms with Crippen molar-refractivity contribution in [1.82, 2.24) is 0 Å². The first-order valence-electron chi connectivity index (χ1n) is 5.60. The zero-order valence-electron chi connectivity index (χ0n) is 10.1. The molecule has 0 aliphatic carbocycles. The molecule has 0 aromatic heterocycles. The standard InChI is InChI=1S/C11H16O2.C2H6/c1-8(2)3-4-9-5-6-10(12)11(13)7-9;1-2/h5-8,12-13H,3-4H2,1-2H3;1-2H3. The molecule has 0 spiro atoms. The summed E-state index contributed by atoms with van der Waals surface area (Å²) in [4.78, 5) is 0. The third-order valence-corrected chi connectivity index (χ3v) is 2.05. The molecule has 0 aliphatic rings. The van der Waals surface area contributed by atoms with Gasteiger partial charge in [0.05, 0.1) is 0 Å². The summed E-state index contributed by atoms with van der Waals surface area (Å²) in [6.45, 7) is 8.33. The predicted octanol–water partition coefficient (Wildman–Crippen LogP) is 3.71. The van der Waals surface area contributed by atoms with Gasteiger partial charge in [-0.3, -0.25) is 0 Å². The largest absolute Gasteiger partial charge is 0.504 e. The number of rotatable bonds is 3. The van der Waals surface area contributed by atoms with Crippen LogP contribution in [-0.4, -0.2) is 10.2 Å². The summed E-state index contributed by atoms with van der Waals surface area (Å²) in [5.41, 5.74) is 1.07. The molecule has 0 amide bonds. The summed E-state index contributed by atoms with van der Waals surface area (Å²) in [7, 11) is 0. The van der Waals surface area contributed by atoms with Gasteiger partial charge >= 0.3 is 0 Å². The Labute approximate surface area is 92.6 Å². The molecular formula is C13H22O2. The van der Waals surface area contributed by atoms with E-state index in [9.17, 15) is 5.11 Å². The van der Waals surface area contributed by atoms with Gasteiger partial charge in [0, 0.05) is 0 Å². The van der Waals surface area contributed by atoms with Crippen LogP contribution in [0.3, 0.4) is 0 Å². The highest BCUT2D eigenvalue weighted by atomic mass is 16.3. The van der Waals surface area contributed by atoms with E-state index in [4.69, 9.17) is 5.11 Å². The minimum atomic E-state index is -0.0479. The fraction of sp³-hybridized carbons (Fsp3) is 0.538. The Hall–Kier alpha value is -1.18. The van der Waals surface area contributed by atoms with Crippen molar-refractivity contribution in [2.45, 2.75) is 40.5 Å². The SMILES string of the molecule is CC.CC(C)CCc1ccc(O)c(O)c1. The number of aryl methyl sites for hydroxylation is 1. The summed E-state index contributed by atoms with van der Waals surface area (Å²) >= 11 is 0. The average molecular weight is 210 g/mol. The van der Waals surface area contributed by atoms with Crippen molar-refractivity contribution in [2.24, 2.45) is 5.92 Å². The van der Waals surface area contributed by atoms with Gasteiger partial charge in [-0.25, -0.2) is 0 Å². The van der Waals surface area contributed by atoms with Crippen LogP contribution in [0.5, 0.6) is 11.5 Å². The topological polar surface area (TPSA) is 40.5 Å². The lowest BCUT2D eigenvalue weighted by atomic mass is 10.0. The lowest BCUT2D eigenvalue weighted by Crippen LogP contribution is -1.91. The molecule has 0 radical (unpaired) electrons. The molecule has 86 valence electrons. The number of phenols is 2. The highest BCUT2D eigenvalue weighted by molar-refractivity contribution is 5.40. The van der Waals surface area contributed by atoms with Crippen LogP contribution in [0.25, 0.3) is 0 Å². The van der Waals surface area contributed by atoms with Gasteiger partial charge in [-0.2, -0.15) is 0 Å². The fourth-order valence-electron chi connectivity index (χ4n) is 1.18. The molecule has 1 rings (SSSR count). The monoisotopic (exact) mass is 210 g/mol. The second-order valence-corrected chi connectivity index (χ2v) is 3.76. The lowest BCUT2D eigenvalue weighted by Gasteiger charge is -2.05. The smallest absolute Gasteiger partial charge is 0.157 e. The van der Waals surface area contributed by atoms with Gasteiger partial charge in [-0.05, 0) is 36.5 Å². The maximum Gasteiger partial charge on any atom is 0.157 e. The quantitative estimate of drug-likeness (QED) is 0.746. The van der Waals surface area contributed by atoms with Crippen molar-refractivity contribution in [3.8, 4) is 11.5 Å². The molecule has 1 aromatic rings. The Morgan fingerprint density at radius 3 is 2.13 bits per heavy atom. The van der Waals surface area contributed by atoms with Crippen LogP contribution in [-0.2, 0) is 6.42 Å². The average Bonchev–Trinajstić information content (AvgIpc) is 2.23. The van der Waals surface area contributed by atoms with Gasteiger partial charge in [0.25, 0.3) is 0 Å². The molecule has 0 bridgehead atoms. The molecule has 0 heterocycles. The van der Waals surface area contributed by atoms with Crippen molar-refractivity contribution < 1.29 is 10.2 Å². The summed E-state index contributed by atoms with van der Waals surface area (Å²) in [6.07, 6.45) is 2.05. The van der Waals surface area contributed by atoms with Crippen molar-refractivity contribution in [3.63, 3.8) is 0 Å². The van der Waals surface area contributed by atoms with E-state index in [1.807, 2.05) is 19.9 Å². The van der Waals surface area contributed by atoms with Gasteiger partial charge in [0.15, 0.2) is 11.5 Å². The normalized spacial score (nSPS) is 9.67. The summed E-state index contributed by atoms with van der Waals surface area (Å²) in [5.74, 6) is 0.588. The molecule has 2 nitrogen and oxygen atoms in total. The molecule has 0 unspecified atom stereocenters. The minimum absolute atomic E-state index is 0.0266. The van der Waals surface area contributed by atoms with E-state index >= 15 is 0 Å². The third-order valence-electron chi connectivity index (χ3n) is 2.05. The first kappa shape index (κ1) is 13.8. The Balaban J connectivity index is 0.000000921. The predicted molar refractivity (Wildman–Crippen MR) is 64.3 cm³/mol. The molecule has 0 saturated carbocycles. The summed E-state index contributed by atoms with van der Waals surface area (Å²) < 4.78 is 0. The molecular weight excluding hydrogens is 188 g/mol. The van der Waals surface area contributed by atoms with Gasteiger partial charge < -0.3 is 10.2 Å². The number of hydrogen-bond donors (Lipinski definition) is 2. The molecule has 2 heteroatoms. The van der Waals surface area contributed by atoms with Gasteiger partial charge in [0.1, 0.15) is 0 Å². The van der Waals surface area contributed by atoms with Crippen LogP contribution in [0.15, 0.2) is 18.2 Å². The Kier molecular flexibility index (Phi) is 6.59. The van der Waals surface area contributed by atoms with E-state index in [1.165, 1.54) is 6.07 Å². The van der Waals surface area contributed by atoms with Gasteiger partial charge in [-0.1, -0.05) is 33.8 Å². The zero-order chi connectivity index (χ0) is 11.8. The minimum Gasteiger partial charge on any atom is -0.504 e. The van der Waals surface area contributed by atoms with Crippen LogP contribution >= 0.6 is 0 Å². The third kappa shape index (κ3) is 5.31. The van der Waals surface area contributed by atoms with E-state index in [0.717, 1.165) is 18.4 Å². The second-order valence-electron chi connectivity index (χ2n) is 3.76. The number of phenolic OH excluding ortho intramolecular Hbond substituents is 2. The number of aromatic hydroxyl groups is 2. The maximum absolute atomic E-state index is 9.22. The van der Waals surface area contributed by atoms with E-state index < -0.39 is 0 Å². The second kappa shape index (κ2) is 7.16. The number of hydrogen-bond acceptors (Lipinski definition) is 2. The van der Waals surface area contributed by atoms with Crippen LogP contribution in [0, 0.1) is 5.92 Å². The number of benzene rings is 1. The van der Waals surface area contributed by atoms with Crippen molar-refractivity contribution >= 4 is 0 Å². The maximum atomic E-state index is 9.22. The van der Waals surface area contributed by atoms with Crippen LogP contribution < -0.4 is 0 Å². The van der Waals surface area contributed by atoms with Crippen molar-refractivity contribution in [1.29, 1.82) is 0 Å². The van der Waals surface area contributed by atoms with Crippen LogP contribution in [0.2, 0.25) is 0 Å². The van der Waals surface area contributed by atoms with E-state index in [-0.39, 0.29) is 11.5 Å². The summed E-state index contributed by atoms with van der Waals surface area (Å²) in [5, 5.41) is 18.3. The first-order chi connectivity index (χ1) is 7.09. The van der Waals surface area contributed by atoms with Crippen molar-refractivity contribution in [2.75, 3.05) is 0 Å². The highest BCUT2D eigenvalue weighted by Gasteiger charge is 2.01. The fourth-order valence-corrected chi connectivity index (χ4v) is 1.18. The van der Waals surface area contributed by atoms with Gasteiger partial charge in [-0.15, -0.1) is 0 Å². The van der Waals surface area contributed by atoms with E-state index in [0.29, 0.717) is 5.92 Å². The van der Waals surface area contributed by atoms with E-state index in [1.54, 1.807) is 6.07 Å². The Bertz CT molecular complexity index is 280. The molecule has 0 fully saturated rings. The lowest BCUT2D eigenvalue weighted by molar-refractivity contribution is 0.403. The van der Waals surface area contributed by atoms with Crippen LogP contribution in [0.4, 0.5) is 0 Å².